The average Bonchev–Trinajstić information content (AvgIpc) is 2.98. The van der Waals surface area contributed by atoms with Gasteiger partial charge in [0.25, 0.3) is 0 Å². The van der Waals surface area contributed by atoms with Crippen LogP contribution in [0.4, 0.5) is 0 Å². The molecule has 0 fully saturated rings. The normalized spacial score (nSPS) is 11.0. The molecule has 0 N–H and O–H groups in total. The zero-order valence-corrected chi connectivity index (χ0v) is 28.6. The third-order valence-corrected chi connectivity index (χ3v) is 6.66. The molecular formula is C36H39ClIrN4. The summed E-state index contributed by atoms with van der Waals surface area (Å²) in [5.41, 5.74) is 7.25. The Morgan fingerprint density at radius 3 is 1.48 bits per heavy atom. The van der Waals surface area contributed by atoms with Crippen LogP contribution in [0.3, 0.4) is 0 Å². The minimum atomic E-state index is 0. The standard InChI is InChI=1S/C34H33N4.CH3Cl.CH3.Ir/c1-33(2,3)27-16-12-24(13-17-27)30-36-31(25-14-18-28(19-15-25)34(4,5)6)38-32(37-30)26-20-21-35-29(22-26)23-10-8-7-9-11-23;1-2;;/h7-10,12-22H,1-6H3;2H,1H2;1H3;/q-1;;+1;. The molecule has 2 heterocycles. The second-order valence-electron chi connectivity index (χ2n) is 11.7. The van der Waals surface area contributed by atoms with Gasteiger partial charge in [-0.25, -0.2) is 15.0 Å². The molecule has 5 rings (SSSR count). The fraction of sp³-hybridized carbons (Fsp3) is 0.222. The maximum Gasteiger partial charge on any atom is 0.164 e. The molecule has 0 aliphatic rings. The van der Waals surface area contributed by atoms with Crippen molar-refractivity contribution < 1.29 is 31.7 Å². The molecule has 3 aromatic carbocycles. The van der Waals surface area contributed by atoms with Gasteiger partial charge < -0.3 is 4.98 Å². The van der Waals surface area contributed by atoms with Gasteiger partial charge in [0.15, 0.2) is 17.5 Å². The van der Waals surface area contributed by atoms with Gasteiger partial charge in [0.05, 0.1) is 0 Å². The molecule has 42 heavy (non-hydrogen) atoms. The number of benzene rings is 3. The molecule has 6 heteroatoms. The molecule has 2 aromatic heterocycles. The topological polar surface area (TPSA) is 51.6 Å². The summed E-state index contributed by atoms with van der Waals surface area (Å²) >= 11 is 3.83. The summed E-state index contributed by atoms with van der Waals surface area (Å²) < 4.78 is 0. The van der Waals surface area contributed by atoms with Crippen molar-refractivity contribution in [2.45, 2.75) is 52.4 Å². The van der Waals surface area contributed by atoms with Gasteiger partial charge in [-0.15, -0.1) is 35.9 Å². The van der Waals surface area contributed by atoms with Gasteiger partial charge in [0.1, 0.15) is 0 Å². The smallest absolute Gasteiger partial charge is 0.164 e. The predicted octanol–water partition coefficient (Wildman–Crippen LogP) is 8.84. The Morgan fingerprint density at radius 1 is 0.619 bits per heavy atom. The Balaban J connectivity index is 0.00000151. The van der Waals surface area contributed by atoms with Crippen LogP contribution in [0.15, 0.2) is 91.1 Å². The average molecular weight is 755 g/mol. The van der Waals surface area contributed by atoms with Gasteiger partial charge in [-0.2, -0.15) is 0 Å². The first kappa shape index (κ1) is 34.8. The number of hydrogen-bond donors (Lipinski definition) is 0. The largest absolute Gasteiger partial charge is 0.305 e. The summed E-state index contributed by atoms with van der Waals surface area (Å²) in [5.74, 6) is 1.91. The summed E-state index contributed by atoms with van der Waals surface area (Å²) in [4.78, 5) is 19.3. The molecule has 0 aliphatic carbocycles. The van der Waals surface area contributed by atoms with Crippen molar-refractivity contribution in [3.8, 4) is 45.4 Å². The Kier molecular flexibility index (Phi) is 12.2. The molecule has 0 bridgehead atoms. The van der Waals surface area contributed by atoms with Crippen LogP contribution in [0.25, 0.3) is 45.4 Å². The maximum atomic E-state index is 4.92. The summed E-state index contributed by atoms with van der Waals surface area (Å²) in [6.45, 7) is 13.3. The van der Waals surface area contributed by atoms with E-state index in [1.165, 1.54) is 11.1 Å². The van der Waals surface area contributed by atoms with E-state index in [9.17, 15) is 0 Å². The van der Waals surface area contributed by atoms with Crippen molar-refractivity contribution in [3.63, 3.8) is 0 Å². The van der Waals surface area contributed by atoms with Crippen LogP contribution in [0.1, 0.15) is 52.7 Å². The monoisotopic (exact) mass is 755 g/mol. The Hall–Kier alpha value is -3.37. The summed E-state index contributed by atoms with van der Waals surface area (Å²) in [5, 5.41) is 0. The first-order chi connectivity index (χ1) is 19.1. The van der Waals surface area contributed by atoms with Crippen molar-refractivity contribution in [2.24, 2.45) is 0 Å². The zero-order valence-electron chi connectivity index (χ0n) is 25.4. The van der Waals surface area contributed by atoms with Crippen molar-refractivity contribution in [1.29, 1.82) is 0 Å². The molecule has 219 valence electrons. The number of aromatic nitrogens is 4. The molecule has 0 saturated carbocycles. The van der Waals surface area contributed by atoms with E-state index in [0.717, 1.165) is 27.9 Å². The van der Waals surface area contributed by atoms with Crippen molar-refractivity contribution >= 4 is 0 Å². The van der Waals surface area contributed by atoms with E-state index in [1.54, 1.807) is 6.20 Å². The van der Waals surface area contributed by atoms with Crippen LogP contribution in [-0.2, 0) is 30.9 Å². The summed E-state index contributed by atoms with van der Waals surface area (Å²) in [6.07, 6.45) is 4.63. The van der Waals surface area contributed by atoms with E-state index in [4.69, 9.17) is 15.0 Å². The minimum absolute atomic E-state index is 0. The van der Waals surface area contributed by atoms with Crippen LogP contribution in [0, 0.1) is 31.5 Å². The van der Waals surface area contributed by atoms with Gasteiger partial charge in [-0.1, -0.05) is 114 Å². The molecule has 0 amide bonds. The number of nitrogens with zero attached hydrogens (tertiary/aromatic N) is 4. The van der Waals surface area contributed by atoms with E-state index in [2.05, 4.69) is 119 Å². The number of halogens is 1. The first-order valence-electron chi connectivity index (χ1n) is 13.3. The predicted molar refractivity (Wildman–Crippen MR) is 169 cm³/mol. The molecule has 4 nitrogen and oxygen atoms in total. The Labute approximate surface area is 270 Å². The SMILES string of the molecule is CC(C)(C)c1ccc(-c2nc(-c3ccc(C(C)(C)C)cc3)nc(-c3ccnc(-c4[c-]cccc4)c3)n2)cc1.[CH2-][ClH+].[CH3+].[Ir]. The van der Waals surface area contributed by atoms with E-state index >= 15 is 0 Å². The molecule has 0 unspecified atom stereocenters. The van der Waals surface area contributed by atoms with Crippen LogP contribution in [-0.4, -0.2) is 19.9 Å². The molecule has 0 atom stereocenters. The number of pyridine rings is 1. The fourth-order valence-electron chi connectivity index (χ4n) is 4.27. The molecular weight excluding hydrogens is 716 g/mol. The van der Waals surface area contributed by atoms with Gasteiger partial charge >= 0.3 is 0 Å². The minimum Gasteiger partial charge on any atom is -0.305 e. The van der Waals surface area contributed by atoms with Crippen LogP contribution in [0.2, 0.25) is 0 Å². The fourth-order valence-corrected chi connectivity index (χ4v) is 4.27. The van der Waals surface area contributed by atoms with Crippen molar-refractivity contribution in [3.05, 3.63) is 122 Å². The Bertz CT molecular complexity index is 1480. The molecule has 1 radical (unpaired) electrons. The molecule has 0 spiro atoms. The summed E-state index contributed by atoms with van der Waals surface area (Å²) in [7, 11) is 0. The molecule has 5 aromatic rings. The van der Waals surface area contributed by atoms with Gasteiger partial charge in [0.2, 0.25) is 0 Å². The van der Waals surface area contributed by atoms with E-state index in [1.807, 2.05) is 36.4 Å². The van der Waals surface area contributed by atoms with Gasteiger partial charge in [0, 0.05) is 50.4 Å². The third-order valence-electron chi connectivity index (χ3n) is 6.66. The zero-order chi connectivity index (χ0) is 28.9. The van der Waals surface area contributed by atoms with Crippen LogP contribution >= 0.6 is 0 Å². The number of rotatable bonds is 4. The van der Waals surface area contributed by atoms with Crippen molar-refractivity contribution in [2.75, 3.05) is 0 Å². The number of hydrogen-bond acceptors (Lipinski definition) is 4. The molecule has 0 aliphatic heterocycles. The van der Waals surface area contributed by atoms with E-state index in [-0.39, 0.29) is 38.4 Å². The second-order valence-corrected chi connectivity index (χ2v) is 11.7. The van der Waals surface area contributed by atoms with E-state index < -0.39 is 0 Å². The summed E-state index contributed by atoms with van der Waals surface area (Å²) in [6, 6.07) is 32.1. The van der Waals surface area contributed by atoms with Gasteiger partial charge in [-0.3, -0.25) is 0 Å². The van der Waals surface area contributed by atoms with Crippen LogP contribution in [0.5, 0.6) is 0 Å². The quantitative estimate of drug-likeness (QED) is 0.172. The second kappa shape index (κ2) is 14.7. The van der Waals surface area contributed by atoms with E-state index in [0.29, 0.717) is 17.5 Å². The third kappa shape index (κ3) is 8.35. The first-order valence-corrected chi connectivity index (χ1v) is 13.9. The Morgan fingerprint density at radius 2 is 1.07 bits per heavy atom. The van der Waals surface area contributed by atoms with Crippen molar-refractivity contribution in [1.82, 2.24) is 19.9 Å². The van der Waals surface area contributed by atoms with Gasteiger partial charge in [-0.05, 0) is 33.7 Å². The molecule has 0 saturated heterocycles. The van der Waals surface area contributed by atoms with Crippen LogP contribution < -0.4 is 0 Å². The maximum absolute atomic E-state index is 4.92.